The average Bonchev–Trinajstić information content (AvgIpc) is 2.97. The summed E-state index contributed by atoms with van der Waals surface area (Å²) in [7, 11) is 0. The van der Waals surface area contributed by atoms with Gasteiger partial charge in [0.2, 0.25) is 0 Å². The SMILES string of the molecule is O=C(NC[C@@H]1CCCO1)NN=C1C2CC3CC(C2)CC1C3. The predicted octanol–water partition coefficient (Wildman–Crippen LogP) is 2.28. The molecule has 5 fully saturated rings. The first-order valence-electron chi connectivity index (χ1n) is 8.51. The van der Waals surface area contributed by atoms with Gasteiger partial charge >= 0.3 is 6.03 Å². The summed E-state index contributed by atoms with van der Waals surface area (Å²) in [4.78, 5) is 11.9. The van der Waals surface area contributed by atoms with Gasteiger partial charge in [-0.25, -0.2) is 10.2 Å². The third-order valence-electron chi connectivity index (χ3n) is 5.78. The summed E-state index contributed by atoms with van der Waals surface area (Å²) >= 11 is 0. The zero-order chi connectivity index (χ0) is 14.2. The van der Waals surface area contributed by atoms with Crippen molar-refractivity contribution < 1.29 is 9.53 Å². The molecule has 1 atom stereocenters. The lowest BCUT2D eigenvalue weighted by atomic mass is 9.55. The summed E-state index contributed by atoms with van der Waals surface area (Å²) in [6, 6.07) is -0.188. The van der Waals surface area contributed by atoms with Crippen molar-refractivity contribution in [2.24, 2.45) is 28.8 Å². The number of urea groups is 1. The van der Waals surface area contributed by atoms with Crippen LogP contribution >= 0.6 is 0 Å². The number of hydrogen-bond acceptors (Lipinski definition) is 3. The van der Waals surface area contributed by atoms with Gasteiger partial charge in [-0.2, -0.15) is 5.10 Å². The van der Waals surface area contributed by atoms with Crippen LogP contribution in [0.2, 0.25) is 0 Å². The number of nitrogens with zero attached hydrogens (tertiary/aromatic N) is 1. The van der Waals surface area contributed by atoms with Crippen molar-refractivity contribution in [3.05, 3.63) is 0 Å². The van der Waals surface area contributed by atoms with Gasteiger partial charge in [0.1, 0.15) is 0 Å². The van der Waals surface area contributed by atoms with Crippen LogP contribution in [0.3, 0.4) is 0 Å². The molecule has 1 aliphatic heterocycles. The lowest BCUT2D eigenvalue weighted by Crippen LogP contribution is -2.47. The first-order valence-corrected chi connectivity index (χ1v) is 8.51. The molecule has 1 saturated heterocycles. The van der Waals surface area contributed by atoms with Crippen LogP contribution in [0, 0.1) is 23.7 Å². The molecule has 4 aliphatic carbocycles. The standard InChI is InChI=1S/C16H25N3O2/c20-16(17-9-14-2-1-3-21-14)19-18-15-12-5-10-4-11(7-12)8-13(15)6-10/h10-14H,1-9H2,(H2,17,19,20)/t10?,11?,12?,13?,14-/m0/s1. The van der Waals surface area contributed by atoms with Gasteiger partial charge in [0, 0.05) is 18.9 Å². The highest BCUT2D eigenvalue weighted by molar-refractivity contribution is 5.91. The van der Waals surface area contributed by atoms with E-state index < -0.39 is 0 Å². The molecule has 0 spiro atoms. The van der Waals surface area contributed by atoms with E-state index in [4.69, 9.17) is 4.74 Å². The van der Waals surface area contributed by atoms with E-state index in [1.807, 2.05) is 0 Å². The van der Waals surface area contributed by atoms with E-state index in [1.165, 1.54) is 37.8 Å². The topological polar surface area (TPSA) is 62.7 Å². The van der Waals surface area contributed by atoms with Crippen molar-refractivity contribution in [2.45, 2.75) is 51.0 Å². The molecule has 4 saturated carbocycles. The molecule has 2 N–H and O–H groups in total. The van der Waals surface area contributed by atoms with Crippen LogP contribution in [-0.2, 0) is 4.74 Å². The molecule has 1 heterocycles. The smallest absolute Gasteiger partial charge is 0.335 e. The Kier molecular flexibility index (Phi) is 3.61. The van der Waals surface area contributed by atoms with Gasteiger partial charge in [0.25, 0.3) is 0 Å². The second kappa shape index (κ2) is 5.59. The highest BCUT2D eigenvalue weighted by Gasteiger charge is 2.46. The van der Waals surface area contributed by atoms with Crippen LogP contribution in [0.4, 0.5) is 4.79 Å². The quantitative estimate of drug-likeness (QED) is 0.784. The zero-order valence-corrected chi connectivity index (χ0v) is 12.5. The molecular weight excluding hydrogens is 266 g/mol. The fourth-order valence-electron chi connectivity index (χ4n) is 5.02. The first kappa shape index (κ1) is 13.6. The largest absolute Gasteiger partial charge is 0.376 e. The van der Waals surface area contributed by atoms with Crippen LogP contribution in [0.5, 0.6) is 0 Å². The van der Waals surface area contributed by atoms with Gasteiger partial charge in [-0.3, -0.25) is 0 Å². The van der Waals surface area contributed by atoms with Crippen LogP contribution in [0.15, 0.2) is 5.10 Å². The maximum Gasteiger partial charge on any atom is 0.335 e. The van der Waals surface area contributed by atoms with Crippen molar-refractivity contribution >= 4 is 11.7 Å². The third kappa shape index (κ3) is 2.80. The molecule has 5 rings (SSSR count). The van der Waals surface area contributed by atoms with Crippen molar-refractivity contribution in [1.29, 1.82) is 0 Å². The minimum absolute atomic E-state index is 0.185. The molecule has 0 aromatic heterocycles. The lowest BCUT2D eigenvalue weighted by Gasteiger charge is -2.50. The number of carbonyl (C=O) groups is 1. The van der Waals surface area contributed by atoms with Gasteiger partial charge in [-0.1, -0.05) is 0 Å². The van der Waals surface area contributed by atoms with Crippen LogP contribution in [0.1, 0.15) is 44.9 Å². The maximum atomic E-state index is 11.9. The normalized spacial score (nSPS) is 40.4. The van der Waals surface area contributed by atoms with Crippen molar-refractivity contribution in [3.8, 4) is 0 Å². The molecule has 0 aromatic carbocycles. The first-order chi connectivity index (χ1) is 10.3. The Bertz CT molecular complexity index is 413. The fourth-order valence-corrected chi connectivity index (χ4v) is 5.02. The zero-order valence-electron chi connectivity index (χ0n) is 12.5. The predicted molar refractivity (Wildman–Crippen MR) is 80.0 cm³/mol. The Morgan fingerprint density at radius 1 is 1.14 bits per heavy atom. The second-order valence-electron chi connectivity index (χ2n) is 7.30. The van der Waals surface area contributed by atoms with E-state index in [2.05, 4.69) is 15.8 Å². The molecule has 5 heteroatoms. The Balaban J connectivity index is 1.30. The monoisotopic (exact) mass is 291 g/mol. The molecule has 0 radical (unpaired) electrons. The van der Waals surface area contributed by atoms with Gasteiger partial charge in [0.15, 0.2) is 0 Å². The number of carbonyl (C=O) groups excluding carboxylic acids is 1. The molecule has 116 valence electrons. The number of ether oxygens (including phenoxy) is 1. The lowest BCUT2D eigenvalue weighted by molar-refractivity contribution is 0.107. The second-order valence-corrected chi connectivity index (χ2v) is 7.30. The van der Waals surface area contributed by atoms with E-state index >= 15 is 0 Å². The van der Waals surface area contributed by atoms with Crippen LogP contribution in [-0.4, -0.2) is 31.0 Å². The van der Waals surface area contributed by atoms with E-state index in [0.29, 0.717) is 18.4 Å². The van der Waals surface area contributed by atoms with Crippen molar-refractivity contribution in [3.63, 3.8) is 0 Å². The summed E-state index contributed by atoms with van der Waals surface area (Å²) < 4.78 is 5.50. The molecule has 21 heavy (non-hydrogen) atoms. The molecule has 0 aromatic rings. The molecule has 0 unspecified atom stereocenters. The van der Waals surface area contributed by atoms with Crippen LogP contribution < -0.4 is 10.7 Å². The minimum atomic E-state index is -0.188. The molecule has 2 amide bonds. The van der Waals surface area contributed by atoms with Gasteiger partial charge in [-0.15, -0.1) is 0 Å². The molecule has 5 nitrogen and oxygen atoms in total. The average molecular weight is 291 g/mol. The summed E-state index contributed by atoms with van der Waals surface area (Å²) in [5, 5.41) is 7.35. The molecule has 5 aliphatic rings. The van der Waals surface area contributed by atoms with E-state index in [0.717, 1.165) is 31.3 Å². The van der Waals surface area contributed by atoms with Crippen molar-refractivity contribution in [2.75, 3.05) is 13.2 Å². The van der Waals surface area contributed by atoms with E-state index in [1.54, 1.807) is 0 Å². The van der Waals surface area contributed by atoms with Gasteiger partial charge in [0.05, 0.1) is 6.10 Å². The Morgan fingerprint density at radius 2 is 1.86 bits per heavy atom. The molecule has 4 bridgehead atoms. The number of nitrogens with one attached hydrogen (secondary N) is 2. The van der Waals surface area contributed by atoms with Gasteiger partial charge in [-0.05, 0) is 68.6 Å². The van der Waals surface area contributed by atoms with Crippen molar-refractivity contribution in [1.82, 2.24) is 10.7 Å². The number of amides is 2. The Hall–Kier alpha value is -1.10. The Morgan fingerprint density at radius 3 is 2.48 bits per heavy atom. The Labute approximate surface area is 125 Å². The highest BCUT2D eigenvalue weighted by atomic mass is 16.5. The highest BCUT2D eigenvalue weighted by Crippen LogP contribution is 2.52. The maximum absolute atomic E-state index is 11.9. The molecular formula is C16H25N3O2. The van der Waals surface area contributed by atoms with Crippen LogP contribution in [0.25, 0.3) is 0 Å². The number of hydrogen-bond donors (Lipinski definition) is 2. The fraction of sp³-hybridized carbons (Fsp3) is 0.875. The summed E-state index contributed by atoms with van der Waals surface area (Å²) in [6.07, 6.45) is 8.95. The van der Waals surface area contributed by atoms with E-state index in [-0.39, 0.29) is 12.1 Å². The number of hydrazone groups is 1. The minimum Gasteiger partial charge on any atom is -0.376 e. The van der Waals surface area contributed by atoms with Gasteiger partial charge < -0.3 is 10.1 Å². The summed E-state index contributed by atoms with van der Waals surface area (Å²) in [6.45, 7) is 1.41. The third-order valence-corrected chi connectivity index (χ3v) is 5.78. The summed E-state index contributed by atoms with van der Waals surface area (Å²) in [5.41, 5.74) is 3.99. The van der Waals surface area contributed by atoms with E-state index in [9.17, 15) is 4.79 Å². The summed E-state index contributed by atoms with van der Waals surface area (Å²) in [5.74, 6) is 3.14. The number of rotatable bonds is 3.